The number of ether oxygens (including phenoxy) is 1. The van der Waals surface area contributed by atoms with Gasteiger partial charge in [0.1, 0.15) is 6.61 Å². The lowest BCUT2D eigenvalue weighted by Gasteiger charge is -2.44. The van der Waals surface area contributed by atoms with Gasteiger partial charge in [-0.05, 0) is 43.6 Å². The summed E-state index contributed by atoms with van der Waals surface area (Å²) in [6.07, 6.45) is 7.74. The van der Waals surface area contributed by atoms with Crippen LogP contribution < -0.4 is 0 Å². The third kappa shape index (κ3) is 3.95. The van der Waals surface area contributed by atoms with Gasteiger partial charge in [0.25, 0.3) is 0 Å². The molecular formula is C20H27NO2. The van der Waals surface area contributed by atoms with Crippen molar-refractivity contribution in [2.45, 2.75) is 64.6 Å². The Morgan fingerprint density at radius 3 is 2.74 bits per heavy atom. The molecule has 1 aromatic carbocycles. The molecule has 23 heavy (non-hydrogen) atoms. The average Bonchev–Trinajstić information content (AvgIpc) is 2.52. The Morgan fingerprint density at radius 1 is 1.26 bits per heavy atom. The largest absolute Gasteiger partial charge is 0.445 e. The van der Waals surface area contributed by atoms with E-state index in [1.165, 1.54) is 12.0 Å². The molecule has 1 amide bonds. The monoisotopic (exact) mass is 313 g/mol. The summed E-state index contributed by atoms with van der Waals surface area (Å²) < 4.78 is 5.58. The summed E-state index contributed by atoms with van der Waals surface area (Å²) in [5.74, 6) is 0.679. The van der Waals surface area contributed by atoms with Crippen molar-refractivity contribution in [3.63, 3.8) is 0 Å². The number of carbonyl (C=O) groups excluding carboxylic acids is 1. The molecule has 2 bridgehead atoms. The molecule has 1 fully saturated rings. The van der Waals surface area contributed by atoms with Crippen LogP contribution in [0.5, 0.6) is 0 Å². The van der Waals surface area contributed by atoms with Gasteiger partial charge < -0.3 is 4.74 Å². The lowest BCUT2D eigenvalue weighted by molar-refractivity contribution is 0.0477. The zero-order valence-electron chi connectivity index (χ0n) is 14.2. The Bertz CT molecular complexity index is 564. The first-order valence-electron chi connectivity index (χ1n) is 8.82. The average molecular weight is 313 g/mol. The van der Waals surface area contributed by atoms with E-state index in [-0.39, 0.29) is 12.1 Å². The van der Waals surface area contributed by atoms with Gasteiger partial charge in [0.05, 0.1) is 6.04 Å². The van der Waals surface area contributed by atoms with E-state index in [2.05, 4.69) is 19.9 Å². The highest BCUT2D eigenvalue weighted by Gasteiger charge is 2.37. The second-order valence-electron chi connectivity index (χ2n) is 7.23. The van der Waals surface area contributed by atoms with Crippen LogP contribution in [0.25, 0.3) is 0 Å². The molecule has 1 aromatic rings. The minimum absolute atomic E-state index is 0.150. The molecule has 2 atom stereocenters. The minimum atomic E-state index is -0.150. The van der Waals surface area contributed by atoms with E-state index < -0.39 is 0 Å². The molecule has 0 radical (unpaired) electrons. The third-order valence-corrected chi connectivity index (χ3v) is 4.80. The highest BCUT2D eigenvalue weighted by Crippen LogP contribution is 2.35. The van der Waals surface area contributed by atoms with Crippen LogP contribution in [-0.2, 0) is 11.3 Å². The number of amides is 1. The summed E-state index contributed by atoms with van der Waals surface area (Å²) in [7, 11) is 0. The highest BCUT2D eigenvalue weighted by atomic mass is 16.6. The number of fused-ring (bicyclic) bond motifs is 2. The third-order valence-electron chi connectivity index (χ3n) is 4.80. The van der Waals surface area contributed by atoms with E-state index in [4.69, 9.17) is 4.74 Å². The van der Waals surface area contributed by atoms with E-state index in [1.54, 1.807) is 0 Å². The fourth-order valence-corrected chi connectivity index (χ4v) is 3.87. The second kappa shape index (κ2) is 7.20. The van der Waals surface area contributed by atoms with Gasteiger partial charge in [0.15, 0.2) is 0 Å². The SMILES string of the molecule is CC(C)CC1=CC2CCCC(C1)N2C(=O)OCc1ccccc1. The number of nitrogens with zero attached hydrogens (tertiary/aromatic N) is 1. The predicted molar refractivity (Wildman–Crippen MR) is 92.0 cm³/mol. The first-order chi connectivity index (χ1) is 11.1. The van der Waals surface area contributed by atoms with Crippen LogP contribution in [0.2, 0.25) is 0 Å². The maximum absolute atomic E-state index is 12.6. The van der Waals surface area contributed by atoms with Crippen LogP contribution in [0.3, 0.4) is 0 Å². The number of rotatable bonds is 4. The maximum Gasteiger partial charge on any atom is 0.410 e. The van der Waals surface area contributed by atoms with E-state index >= 15 is 0 Å². The Balaban J connectivity index is 1.65. The van der Waals surface area contributed by atoms with Crippen molar-refractivity contribution in [2.75, 3.05) is 0 Å². The summed E-state index contributed by atoms with van der Waals surface area (Å²) in [4.78, 5) is 14.6. The molecular weight excluding hydrogens is 286 g/mol. The summed E-state index contributed by atoms with van der Waals surface area (Å²) in [6.45, 7) is 4.88. The number of carbonyl (C=O) groups is 1. The Kier molecular flexibility index (Phi) is 5.04. The molecule has 2 unspecified atom stereocenters. The van der Waals surface area contributed by atoms with Gasteiger partial charge in [-0.1, -0.05) is 55.8 Å². The zero-order valence-corrected chi connectivity index (χ0v) is 14.2. The molecule has 0 N–H and O–H groups in total. The first-order valence-corrected chi connectivity index (χ1v) is 8.82. The molecule has 1 saturated heterocycles. The van der Waals surface area contributed by atoms with Crippen molar-refractivity contribution < 1.29 is 9.53 Å². The van der Waals surface area contributed by atoms with Crippen LogP contribution in [0.1, 0.15) is 51.5 Å². The highest BCUT2D eigenvalue weighted by molar-refractivity contribution is 5.69. The summed E-state index contributed by atoms with van der Waals surface area (Å²) in [5, 5.41) is 0. The van der Waals surface area contributed by atoms with Crippen LogP contribution in [0, 0.1) is 5.92 Å². The predicted octanol–water partition coefficient (Wildman–Crippen LogP) is 4.92. The Labute approximate surface area is 139 Å². The van der Waals surface area contributed by atoms with Gasteiger partial charge in [-0.25, -0.2) is 4.79 Å². The van der Waals surface area contributed by atoms with Gasteiger partial charge in [0, 0.05) is 6.04 Å². The van der Waals surface area contributed by atoms with E-state index in [1.807, 2.05) is 35.2 Å². The van der Waals surface area contributed by atoms with Crippen molar-refractivity contribution in [1.29, 1.82) is 0 Å². The molecule has 3 heteroatoms. The lowest BCUT2D eigenvalue weighted by atomic mass is 9.83. The Hall–Kier alpha value is -1.77. The van der Waals surface area contributed by atoms with Crippen LogP contribution in [0.15, 0.2) is 42.0 Å². The van der Waals surface area contributed by atoms with Gasteiger partial charge in [0.2, 0.25) is 0 Å². The molecule has 0 aliphatic carbocycles. The topological polar surface area (TPSA) is 29.5 Å². The molecule has 0 saturated carbocycles. The molecule has 2 heterocycles. The number of hydrogen-bond donors (Lipinski definition) is 0. The lowest BCUT2D eigenvalue weighted by Crippen LogP contribution is -2.51. The maximum atomic E-state index is 12.6. The smallest absolute Gasteiger partial charge is 0.410 e. The normalized spacial score (nSPS) is 23.6. The standard InChI is InChI=1S/C20H27NO2/c1-15(2)11-17-12-18-9-6-10-19(13-17)21(18)20(22)23-14-16-7-4-3-5-8-16/h3-5,7-8,12,15,18-19H,6,9-11,13-14H2,1-2H3. The number of hydrogen-bond acceptors (Lipinski definition) is 2. The van der Waals surface area contributed by atoms with Gasteiger partial charge in [-0.15, -0.1) is 0 Å². The van der Waals surface area contributed by atoms with Gasteiger partial charge in [-0.2, -0.15) is 0 Å². The summed E-state index contributed by atoms with van der Waals surface area (Å²) >= 11 is 0. The fraction of sp³-hybridized carbons (Fsp3) is 0.550. The van der Waals surface area contributed by atoms with Gasteiger partial charge >= 0.3 is 6.09 Å². The van der Waals surface area contributed by atoms with Crippen molar-refractivity contribution >= 4 is 6.09 Å². The second-order valence-corrected chi connectivity index (χ2v) is 7.23. The van der Waals surface area contributed by atoms with Crippen molar-refractivity contribution in [3.8, 4) is 0 Å². The quantitative estimate of drug-likeness (QED) is 0.738. The van der Waals surface area contributed by atoms with E-state index in [0.29, 0.717) is 18.6 Å². The number of benzene rings is 1. The van der Waals surface area contributed by atoms with E-state index in [9.17, 15) is 4.79 Å². The van der Waals surface area contributed by atoms with Crippen LogP contribution in [-0.4, -0.2) is 23.1 Å². The van der Waals surface area contributed by atoms with E-state index in [0.717, 1.165) is 31.2 Å². The molecule has 2 aliphatic heterocycles. The number of piperidine rings is 1. The van der Waals surface area contributed by atoms with Crippen molar-refractivity contribution in [3.05, 3.63) is 47.5 Å². The van der Waals surface area contributed by atoms with Crippen LogP contribution in [0.4, 0.5) is 4.79 Å². The molecule has 0 aromatic heterocycles. The first kappa shape index (κ1) is 16.1. The molecule has 3 nitrogen and oxygen atoms in total. The van der Waals surface area contributed by atoms with Crippen molar-refractivity contribution in [2.24, 2.45) is 5.92 Å². The molecule has 2 aliphatic rings. The zero-order chi connectivity index (χ0) is 16.2. The summed E-state index contributed by atoms with van der Waals surface area (Å²) in [5.41, 5.74) is 2.57. The molecule has 0 spiro atoms. The van der Waals surface area contributed by atoms with Crippen molar-refractivity contribution in [1.82, 2.24) is 4.90 Å². The minimum Gasteiger partial charge on any atom is -0.445 e. The summed E-state index contributed by atoms with van der Waals surface area (Å²) in [6, 6.07) is 10.5. The van der Waals surface area contributed by atoms with Gasteiger partial charge in [-0.3, -0.25) is 4.90 Å². The molecule has 124 valence electrons. The molecule has 3 rings (SSSR count). The van der Waals surface area contributed by atoms with Crippen LogP contribution >= 0.6 is 0 Å². The fourth-order valence-electron chi connectivity index (χ4n) is 3.87. The Morgan fingerprint density at radius 2 is 2.04 bits per heavy atom.